The summed E-state index contributed by atoms with van der Waals surface area (Å²) in [4.78, 5) is 18.5. The second kappa shape index (κ2) is 6.02. The van der Waals surface area contributed by atoms with Crippen molar-refractivity contribution < 1.29 is 14.6 Å². The van der Waals surface area contributed by atoms with Crippen molar-refractivity contribution in [2.75, 3.05) is 18.8 Å². The molecule has 2 aliphatic rings. The van der Waals surface area contributed by atoms with Crippen molar-refractivity contribution in [2.24, 2.45) is 0 Å². The summed E-state index contributed by atoms with van der Waals surface area (Å²) in [7, 11) is 0. The molecule has 0 bridgehead atoms. The Morgan fingerprint density at radius 2 is 2.17 bits per heavy atom. The molecule has 2 fully saturated rings. The van der Waals surface area contributed by atoms with E-state index in [2.05, 4.69) is 4.98 Å². The summed E-state index contributed by atoms with van der Waals surface area (Å²) in [5.41, 5.74) is 0.536. The van der Waals surface area contributed by atoms with E-state index in [1.807, 2.05) is 34.9 Å². The SMILES string of the molecule is O=C(c1cccc(O)c1)N1CC2(C[C@@H](Oc3ccccn3)CS2)C1. The molecule has 6 heteroatoms. The molecule has 1 N–H and O–H groups in total. The van der Waals surface area contributed by atoms with E-state index < -0.39 is 0 Å². The summed E-state index contributed by atoms with van der Waals surface area (Å²) in [5, 5.41) is 9.52. The number of aromatic hydroxyl groups is 1. The maximum absolute atomic E-state index is 12.5. The molecule has 1 spiro atoms. The first-order valence-electron chi connectivity index (χ1n) is 7.94. The van der Waals surface area contributed by atoms with Crippen LogP contribution in [0, 0.1) is 0 Å². The Balaban J connectivity index is 1.34. The molecule has 1 aromatic carbocycles. The van der Waals surface area contributed by atoms with Crippen molar-refractivity contribution in [3.05, 3.63) is 54.2 Å². The van der Waals surface area contributed by atoms with Crippen LogP contribution < -0.4 is 4.74 Å². The zero-order valence-electron chi connectivity index (χ0n) is 13.1. The van der Waals surface area contributed by atoms with Gasteiger partial charge in [0.1, 0.15) is 11.9 Å². The Hall–Kier alpha value is -2.21. The molecule has 1 amide bonds. The molecule has 1 aromatic heterocycles. The van der Waals surface area contributed by atoms with Crippen LogP contribution in [-0.2, 0) is 0 Å². The van der Waals surface area contributed by atoms with E-state index in [0.29, 0.717) is 11.4 Å². The highest BCUT2D eigenvalue weighted by Gasteiger charge is 2.51. The number of likely N-dealkylation sites (tertiary alicyclic amines) is 1. The highest BCUT2D eigenvalue weighted by atomic mass is 32.2. The Bertz CT molecular complexity index is 747. The van der Waals surface area contributed by atoms with Crippen LogP contribution in [0.25, 0.3) is 0 Å². The fourth-order valence-electron chi connectivity index (χ4n) is 3.30. The molecule has 0 saturated carbocycles. The van der Waals surface area contributed by atoms with Gasteiger partial charge in [0.2, 0.25) is 5.88 Å². The summed E-state index contributed by atoms with van der Waals surface area (Å²) in [6.45, 7) is 1.46. The van der Waals surface area contributed by atoms with Crippen LogP contribution in [0.4, 0.5) is 0 Å². The van der Waals surface area contributed by atoms with Gasteiger partial charge in [-0.1, -0.05) is 12.1 Å². The molecule has 4 rings (SSSR count). The van der Waals surface area contributed by atoms with E-state index in [1.54, 1.807) is 24.4 Å². The zero-order chi connectivity index (χ0) is 16.6. The molecular formula is C18H18N2O3S. The lowest BCUT2D eigenvalue weighted by Crippen LogP contribution is -2.60. The third kappa shape index (κ3) is 2.94. The lowest BCUT2D eigenvalue weighted by Gasteiger charge is -2.47. The molecule has 3 heterocycles. The van der Waals surface area contributed by atoms with Gasteiger partial charge in [0.15, 0.2) is 0 Å². The van der Waals surface area contributed by atoms with Crippen molar-refractivity contribution >= 4 is 17.7 Å². The number of hydrogen-bond donors (Lipinski definition) is 1. The number of carbonyl (C=O) groups is 1. The minimum absolute atomic E-state index is 0.0220. The number of hydrogen-bond acceptors (Lipinski definition) is 5. The Kier molecular flexibility index (Phi) is 3.84. The van der Waals surface area contributed by atoms with Gasteiger partial charge in [-0.3, -0.25) is 4.79 Å². The van der Waals surface area contributed by atoms with E-state index >= 15 is 0 Å². The van der Waals surface area contributed by atoms with Gasteiger partial charge in [-0.2, -0.15) is 0 Å². The minimum atomic E-state index is -0.0220. The number of thioether (sulfide) groups is 1. The molecule has 2 saturated heterocycles. The number of phenols is 1. The Labute approximate surface area is 144 Å². The van der Waals surface area contributed by atoms with Crippen molar-refractivity contribution in [1.29, 1.82) is 0 Å². The third-order valence-electron chi connectivity index (χ3n) is 4.44. The van der Waals surface area contributed by atoms with Crippen molar-refractivity contribution in [1.82, 2.24) is 9.88 Å². The van der Waals surface area contributed by atoms with Crippen LogP contribution in [-0.4, -0.2) is 50.6 Å². The Morgan fingerprint density at radius 3 is 2.92 bits per heavy atom. The summed E-state index contributed by atoms with van der Waals surface area (Å²) in [6, 6.07) is 12.2. The summed E-state index contributed by atoms with van der Waals surface area (Å²) in [6.07, 6.45) is 2.80. The average Bonchev–Trinajstić information content (AvgIpc) is 2.98. The number of carbonyl (C=O) groups excluding carboxylic acids is 1. The number of aromatic nitrogens is 1. The molecule has 0 unspecified atom stereocenters. The van der Waals surface area contributed by atoms with Gasteiger partial charge in [0, 0.05) is 43.1 Å². The van der Waals surface area contributed by atoms with Crippen LogP contribution in [0.15, 0.2) is 48.7 Å². The number of phenolic OH excluding ortho intramolecular Hbond substituents is 1. The van der Waals surface area contributed by atoms with E-state index in [9.17, 15) is 9.90 Å². The number of amides is 1. The number of pyridine rings is 1. The number of rotatable bonds is 3. The highest BCUT2D eigenvalue weighted by Crippen LogP contribution is 2.46. The predicted molar refractivity (Wildman–Crippen MR) is 92.5 cm³/mol. The van der Waals surface area contributed by atoms with Gasteiger partial charge in [-0.15, -0.1) is 11.8 Å². The second-order valence-corrected chi connectivity index (χ2v) is 7.81. The van der Waals surface area contributed by atoms with Gasteiger partial charge >= 0.3 is 0 Å². The van der Waals surface area contributed by atoms with E-state index in [0.717, 1.165) is 25.3 Å². The average molecular weight is 342 g/mol. The first kappa shape index (κ1) is 15.3. The van der Waals surface area contributed by atoms with E-state index in [-0.39, 0.29) is 22.5 Å². The maximum Gasteiger partial charge on any atom is 0.254 e. The number of ether oxygens (including phenoxy) is 1. The van der Waals surface area contributed by atoms with Gasteiger partial charge in [0.25, 0.3) is 5.91 Å². The summed E-state index contributed by atoms with van der Waals surface area (Å²) >= 11 is 1.88. The molecule has 2 aliphatic heterocycles. The van der Waals surface area contributed by atoms with Crippen molar-refractivity contribution in [3.63, 3.8) is 0 Å². The predicted octanol–water partition coefficient (Wildman–Crippen LogP) is 2.57. The largest absolute Gasteiger partial charge is 0.508 e. The molecule has 124 valence electrons. The van der Waals surface area contributed by atoms with Gasteiger partial charge < -0.3 is 14.7 Å². The third-order valence-corrected chi connectivity index (χ3v) is 6.01. The first-order chi connectivity index (χ1) is 11.6. The van der Waals surface area contributed by atoms with Crippen LogP contribution in [0.1, 0.15) is 16.8 Å². The Morgan fingerprint density at radius 1 is 1.29 bits per heavy atom. The van der Waals surface area contributed by atoms with E-state index in [1.165, 1.54) is 6.07 Å². The quantitative estimate of drug-likeness (QED) is 0.929. The number of nitrogens with zero attached hydrogens (tertiary/aromatic N) is 2. The first-order valence-corrected chi connectivity index (χ1v) is 8.92. The van der Waals surface area contributed by atoms with Gasteiger partial charge in [-0.25, -0.2) is 4.98 Å². The van der Waals surface area contributed by atoms with Crippen LogP contribution in [0.3, 0.4) is 0 Å². The fourth-order valence-corrected chi connectivity index (χ4v) is 4.82. The van der Waals surface area contributed by atoms with Crippen molar-refractivity contribution in [3.8, 4) is 11.6 Å². The van der Waals surface area contributed by atoms with Crippen LogP contribution in [0.2, 0.25) is 0 Å². The molecule has 2 aromatic rings. The molecule has 0 radical (unpaired) electrons. The standard InChI is InChI=1S/C18H18N2O3S/c21-14-5-3-4-13(8-14)17(22)20-11-18(12-20)9-15(10-24-18)23-16-6-1-2-7-19-16/h1-8,15,21H,9-12H2/t15-/m1/s1. The normalized spacial score (nSPS) is 21.5. The molecule has 1 atom stereocenters. The highest BCUT2D eigenvalue weighted by molar-refractivity contribution is 8.01. The lowest BCUT2D eigenvalue weighted by molar-refractivity contribution is 0.0515. The monoisotopic (exact) mass is 342 g/mol. The maximum atomic E-state index is 12.5. The molecule has 5 nitrogen and oxygen atoms in total. The van der Waals surface area contributed by atoms with Gasteiger partial charge in [0.05, 0.1) is 4.75 Å². The van der Waals surface area contributed by atoms with Crippen LogP contribution >= 0.6 is 11.8 Å². The number of benzene rings is 1. The fraction of sp³-hybridized carbons (Fsp3) is 0.333. The van der Waals surface area contributed by atoms with Crippen molar-refractivity contribution in [2.45, 2.75) is 17.3 Å². The van der Waals surface area contributed by atoms with Gasteiger partial charge in [-0.05, 0) is 24.3 Å². The lowest BCUT2D eigenvalue weighted by atomic mass is 9.92. The summed E-state index contributed by atoms with van der Waals surface area (Å²) in [5.74, 6) is 1.68. The topological polar surface area (TPSA) is 62.7 Å². The smallest absolute Gasteiger partial charge is 0.254 e. The molecule has 0 aliphatic carbocycles. The zero-order valence-corrected chi connectivity index (χ0v) is 13.9. The minimum Gasteiger partial charge on any atom is -0.508 e. The summed E-state index contributed by atoms with van der Waals surface area (Å²) < 4.78 is 6.04. The second-order valence-electron chi connectivity index (χ2n) is 6.32. The molecule has 24 heavy (non-hydrogen) atoms. The van der Waals surface area contributed by atoms with E-state index in [4.69, 9.17) is 4.74 Å². The van der Waals surface area contributed by atoms with Crippen LogP contribution in [0.5, 0.6) is 11.6 Å². The molecular weight excluding hydrogens is 324 g/mol.